The van der Waals surface area contributed by atoms with Gasteiger partial charge in [0.2, 0.25) is 0 Å². The minimum Gasteiger partial charge on any atom is -0.469 e. The Balaban J connectivity index is 1.69. The lowest BCUT2D eigenvalue weighted by Gasteiger charge is -2.33. The summed E-state index contributed by atoms with van der Waals surface area (Å²) < 4.78 is 4.90. The third kappa shape index (κ3) is 5.08. The average Bonchev–Trinajstić information content (AvgIpc) is 2.77. The van der Waals surface area contributed by atoms with E-state index in [0.717, 1.165) is 38.8 Å². The fourth-order valence-electron chi connectivity index (χ4n) is 4.37. The number of hydrogen-bond donors (Lipinski definition) is 1. The summed E-state index contributed by atoms with van der Waals surface area (Å²) in [6.45, 7) is 3.44. The van der Waals surface area contributed by atoms with Crippen molar-refractivity contribution in [2.75, 3.05) is 51.8 Å². The Kier molecular flexibility index (Phi) is 7.25. The van der Waals surface area contributed by atoms with Gasteiger partial charge in [0.15, 0.2) is 0 Å². The highest BCUT2D eigenvalue weighted by Gasteiger charge is 2.32. The number of likely N-dealkylation sites (N-methyl/N-ethyl adjacent to an activating group) is 1. The predicted molar refractivity (Wildman–Crippen MR) is 113 cm³/mol. The number of nitro groups is 1. The molecule has 30 heavy (non-hydrogen) atoms. The fourth-order valence-corrected chi connectivity index (χ4v) is 4.37. The Morgan fingerprint density at radius 1 is 1.20 bits per heavy atom. The summed E-state index contributed by atoms with van der Waals surface area (Å²) in [5.74, 6) is -0.786. The highest BCUT2D eigenvalue weighted by Crippen LogP contribution is 2.32. The topological polar surface area (TPSA) is 105 Å². The van der Waals surface area contributed by atoms with E-state index in [1.807, 2.05) is 11.9 Å². The zero-order valence-electron chi connectivity index (χ0n) is 17.6. The molecule has 1 aliphatic heterocycles. The number of piperazine rings is 1. The maximum atomic E-state index is 12.7. The molecule has 0 bridgehead atoms. The van der Waals surface area contributed by atoms with Gasteiger partial charge in [0.1, 0.15) is 5.69 Å². The number of methoxy groups -OCH3 is 1. The summed E-state index contributed by atoms with van der Waals surface area (Å²) in [6.07, 6.45) is 3.60. The number of ether oxygens (including phenoxy) is 1. The molecule has 3 rings (SSSR count). The van der Waals surface area contributed by atoms with Crippen molar-refractivity contribution in [2.24, 2.45) is 11.8 Å². The molecular formula is C21H30N4O5. The smallest absolute Gasteiger partial charge is 0.309 e. The van der Waals surface area contributed by atoms with Crippen LogP contribution >= 0.6 is 0 Å². The number of nitro benzene ring substituents is 1. The van der Waals surface area contributed by atoms with Crippen LogP contribution in [0, 0.1) is 22.0 Å². The largest absolute Gasteiger partial charge is 0.469 e. The second-order valence-electron chi connectivity index (χ2n) is 8.14. The summed E-state index contributed by atoms with van der Waals surface area (Å²) in [6, 6.07) is 4.65. The second-order valence-corrected chi connectivity index (χ2v) is 8.14. The zero-order valence-corrected chi connectivity index (χ0v) is 17.6. The minimum atomic E-state index is -0.432. The molecule has 1 aromatic carbocycles. The first kappa shape index (κ1) is 22.0. The van der Waals surface area contributed by atoms with Gasteiger partial charge in [-0.15, -0.1) is 0 Å². The van der Waals surface area contributed by atoms with E-state index in [-0.39, 0.29) is 35.0 Å². The van der Waals surface area contributed by atoms with Crippen LogP contribution in [0.2, 0.25) is 0 Å². The summed E-state index contributed by atoms with van der Waals surface area (Å²) >= 11 is 0. The van der Waals surface area contributed by atoms with E-state index in [1.165, 1.54) is 13.2 Å². The molecule has 164 valence electrons. The number of rotatable bonds is 6. The van der Waals surface area contributed by atoms with Crippen LogP contribution in [0.25, 0.3) is 0 Å². The molecule has 1 aromatic rings. The third-order valence-corrected chi connectivity index (χ3v) is 6.22. The van der Waals surface area contributed by atoms with E-state index in [4.69, 9.17) is 4.74 Å². The first-order valence-corrected chi connectivity index (χ1v) is 10.5. The number of anilines is 1. The lowest BCUT2D eigenvalue weighted by molar-refractivity contribution is -0.384. The SMILES string of the molecule is COC(=O)C1CCCCC1CNC(=O)c1ccc(N2CCN(C)CC2)c([N+](=O)[O-])c1. The first-order chi connectivity index (χ1) is 14.4. The molecule has 0 aromatic heterocycles. The van der Waals surface area contributed by atoms with Gasteiger partial charge in [-0.2, -0.15) is 0 Å². The van der Waals surface area contributed by atoms with Crippen molar-refractivity contribution >= 4 is 23.3 Å². The molecular weight excluding hydrogens is 388 g/mol. The number of carbonyl (C=O) groups excluding carboxylic acids is 2. The van der Waals surface area contributed by atoms with E-state index < -0.39 is 4.92 Å². The second kappa shape index (κ2) is 9.88. The summed E-state index contributed by atoms with van der Waals surface area (Å²) in [7, 11) is 3.41. The lowest BCUT2D eigenvalue weighted by atomic mass is 9.79. The quantitative estimate of drug-likeness (QED) is 0.428. The van der Waals surface area contributed by atoms with Gasteiger partial charge in [-0.3, -0.25) is 19.7 Å². The van der Waals surface area contributed by atoms with Gasteiger partial charge in [0, 0.05) is 44.4 Å². The standard InChI is InChI=1S/C21H30N4O5/c1-23-9-11-24(12-10-23)18-8-7-15(13-19(18)25(28)29)20(26)22-14-16-5-3-4-6-17(16)21(27)30-2/h7-8,13,16-17H,3-6,9-12,14H2,1-2H3,(H,22,26). The van der Waals surface area contributed by atoms with E-state index >= 15 is 0 Å². The number of nitrogens with zero attached hydrogens (tertiary/aromatic N) is 3. The molecule has 1 saturated carbocycles. The highest BCUT2D eigenvalue weighted by molar-refractivity contribution is 5.95. The minimum absolute atomic E-state index is 0.0229. The van der Waals surface area contributed by atoms with Crippen molar-refractivity contribution in [1.82, 2.24) is 10.2 Å². The number of carbonyl (C=O) groups is 2. The number of nitrogens with one attached hydrogen (secondary N) is 1. The highest BCUT2D eigenvalue weighted by atomic mass is 16.6. The van der Waals surface area contributed by atoms with Crippen molar-refractivity contribution in [3.63, 3.8) is 0 Å². The Morgan fingerprint density at radius 2 is 1.90 bits per heavy atom. The Labute approximate surface area is 176 Å². The predicted octanol–water partition coefficient (Wildman–Crippen LogP) is 2.06. The average molecular weight is 418 g/mol. The number of esters is 1. The maximum Gasteiger partial charge on any atom is 0.309 e. The van der Waals surface area contributed by atoms with Crippen LogP contribution in [-0.2, 0) is 9.53 Å². The van der Waals surface area contributed by atoms with Gasteiger partial charge in [-0.1, -0.05) is 12.8 Å². The third-order valence-electron chi connectivity index (χ3n) is 6.22. The van der Waals surface area contributed by atoms with E-state index in [2.05, 4.69) is 10.2 Å². The molecule has 1 amide bonds. The molecule has 0 radical (unpaired) electrons. The Hall–Kier alpha value is -2.68. The van der Waals surface area contributed by atoms with Crippen LogP contribution in [0.1, 0.15) is 36.0 Å². The molecule has 1 heterocycles. The molecule has 1 N–H and O–H groups in total. The summed E-state index contributed by atoms with van der Waals surface area (Å²) in [4.78, 5) is 40.1. The Bertz CT molecular complexity index is 792. The lowest BCUT2D eigenvalue weighted by Crippen LogP contribution is -2.44. The maximum absolute atomic E-state index is 12.7. The molecule has 2 unspecified atom stereocenters. The molecule has 2 aliphatic rings. The first-order valence-electron chi connectivity index (χ1n) is 10.5. The van der Waals surface area contributed by atoms with Gasteiger partial charge in [0.05, 0.1) is 18.0 Å². The van der Waals surface area contributed by atoms with Gasteiger partial charge in [-0.05, 0) is 37.9 Å². The summed E-state index contributed by atoms with van der Waals surface area (Å²) in [5.41, 5.74) is 0.741. The van der Waals surface area contributed by atoms with Crippen LogP contribution in [0.5, 0.6) is 0 Å². The zero-order chi connectivity index (χ0) is 21.7. The van der Waals surface area contributed by atoms with E-state index in [1.54, 1.807) is 12.1 Å². The molecule has 2 fully saturated rings. The molecule has 9 nitrogen and oxygen atoms in total. The molecule has 1 aliphatic carbocycles. The Morgan fingerprint density at radius 3 is 2.57 bits per heavy atom. The van der Waals surface area contributed by atoms with E-state index in [9.17, 15) is 19.7 Å². The van der Waals surface area contributed by atoms with Gasteiger partial charge in [-0.25, -0.2) is 0 Å². The van der Waals surface area contributed by atoms with Crippen LogP contribution in [0.4, 0.5) is 11.4 Å². The fraction of sp³-hybridized carbons (Fsp3) is 0.619. The van der Waals surface area contributed by atoms with Crippen LogP contribution < -0.4 is 10.2 Å². The molecule has 9 heteroatoms. The van der Waals surface area contributed by atoms with Gasteiger partial charge < -0.3 is 19.9 Å². The van der Waals surface area contributed by atoms with Gasteiger partial charge in [0.25, 0.3) is 11.6 Å². The number of amides is 1. The molecule has 0 spiro atoms. The van der Waals surface area contributed by atoms with Crippen molar-refractivity contribution in [3.8, 4) is 0 Å². The van der Waals surface area contributed by atoms with E-state index in [0.29, 0.717) is 25.3 Å². The van der Waals surface area contributed by atoms with Crippen molar-refractivity contribution in [3.05, 3.63) is 33.9 Å². The summed E-state index contributed by atoms with van der Waals surface area (Å²) in [5, 5.41) is 14.5. The van der Waals surface area contributed by atoms with Crippen LogP contribution in [0.15, 0.2) is 18.2 Å². The van der Waals surface area contributed by atoms with Gasteiger partial charge >= 0.3 is 5.97 Å². The van der Waals surface area contributed by atoms with Crippen molar-refractivity contribution in [1.29, 1.82) is 0 Å². The normalized spacial score (nSPS) is 22.4. The van der Waals surface area contributed by atoms with Crippen molar-refractivity contribution < 1.29 is 19.2 Å². The molecule has 2 atom stereocenters. The van der Waals surface area contributed by atoms with Crippen LogP contribution in [-0.4, -0.2) is 68.6 Å². The van der Waals surface area contributed by atoms with Crippen LogP contribution in [0.3, 0.4) is 0 Å². The number of benzene rings is 1. The van der Waals surface area contributed by atoms with Crippen molar-refractivity contribution in [2.45, 2.75) is 25.7 Å². The molecule has 1 saturated heterocycles. The monoisotopic (exact) mass is 418 g/mol. The number of hydrogen-bond acceptors (Lipinski definition) is 7.